The maximum Gasteiger partial charge on any atom is 0.403 e. The summed E-state index contributed by atoms with van der Waals surface area (Å²) in [6.45, 7) is 0. The first-order chi connectivity index (χ1) is 7.30. The van der Waals surface area contributed by atoms with Gasteiger partial charge in [0.25, 0.3) is 0 Å². The third-order valence-electron chi connectivity index (χ3n) is 2.15. The summed E-state index contributed by atoms with van der Waals surface area (Å²) in [4.78, 5) is 0. The molecule has 2 atom stereocenters. The van der Waals surface area contributed by atoms with E-state index in [1.807, 2.05) is 0 Å². The Balaban J connectivity index is 2.69. The second-order valence-corrected chi connectivity index (χ2v) is 3.49. The van der Waals surface area contributed by atoms with Crippen molar-refractivity contribution < 1.29 is 23.4 Å². The molecule has 0 heterocycles. The molecular formula is C10H12F3NO2. The quantitative estimate of drug-likeness (QED) is 0.747. The van der Waals surface area contributed by atoms with Gasteiger partial charge in [-0.1, -0.05) is 12.1 Å². The van der Waals surface area contributed by atoms with Gasteiger partial charge in [0.1, 0.15) is 11.8 Å². The molecule has 90 valence electrons. The van der Waals surface area contributed by atoms with Crippen molar-refractivity contribution in [3.8, 4) is 5.75 Å². The first-order valence-corrected chi connectivity index (χ1v) is 4.60. The van der Waals surface area contributed by atoms with E-state index in [9.17, 15) is 18.3 Å². The molecule has 1 aromatic rings. The molecular weight excluding hydrogens is 223 g/mol. The first kappa shape index (κ1) is 12.8. The van der Waals surface area contributed by atoms with E-state index in [4.69, 9.17) is 10.8 Å². The number of phenols is 1. The minimum atomic E-state index is -4.53. The van der Waals surface area contributed by atoms with Gasteiger partial charge in [-0.15, -0.1) is 0 Å². The van der Waals surface area contributed by atoms with Crippen molar-refractivity contribution in [1.29, 1.82) is 0 Å². The van der Waals surface area contributed by atoms with Gasteiger partial charge in [0.15, 0.2) is 0 Å². The summed E-state index contributed by atoms with van der Waals surface area (Å²) in [5.74, 6) is -0.114. The highest BCUT2D eigenvalue weighted by atomic mass is 19.4. The molecule has 0 unspecified atom stereocenters. The molecule has 0 amide bonds. The maximum atomic E-state index is 12.1. The van der Waals surface area contributed by atoms with Crippen LogP contribution in [0.3, 0.4) is 0 Å². The number of hydrogen-bond donors (Lipinski definition) is 3. The van der Waals surface area contributed by atoms with Crippen LogP contribution in [0.1, 0.15) is 18.1 Å². The van der Waals surface area contributed by atoms with Crippen LogP contribution in [-0.4, -0.2) is 22.4 Å². The number of hydrogen-bond acceptors (Lipinski definition) is 3. The molecule has 1 rings (SSSR count). The van der Waals surface area contributed by atoms with Gasteiger partial charge in [-0.25, -0.2) is 0 Å². The fourth-order valence-electron chi connectivity index (χ4n) is 1.24. The average Bonchev–Trinajstić information content (AvgIpc) is 2.16. The lowest BCUT2D eigenvalue weighted by atomic mass is 10.0. The average molecular weight is 235 g/mol. The summed E-state index contributed by atoms with van der Waals surface area (Å²) in [6.07, 6.45) is -6.51. The molecule has 0 saturated heterocycles. The Kier molecular flexibility index (Phi) is 3.77. The number of rotatable bonds is 3. The number of halogens is 3. The normalized spacial score (nSPS) is 15.8. The topological polar surface area (TPSA) is 66.5 Å². The molecule has 6 heteroatoms. The standard InChI is InChI=1S/C10H12F3NO2/c11-10(12,13)9(14)5-8(16)6-2-1-3-7(15)4-6/h1-4,8-9,15-16H,5,14H2/t8-,9-/m0/s1. The van der Waals surface area contributed by atoms with E-state index in [2.05, 4.69) is 0 Å². The smallest absolute Gasteiger partial charge is 0.403 e. The maximum absolute atomic E-state index is 12.1. The number of phenolic OH excluding ortho intramolecular Hbond substituents is 1. The van der Waals surface area contributed by atoms with E-state index in [-0.39, 0.29) is 11.3 Å². The van der Waals surface area contributed by atoms with Crippen LogP contribution >= 0.6 is 0 Å². The number of aliphatic hydroxyl groups excluding tert-OH is 1. The molecule has 0 radical (unpaired) electrons. The van der Waals surface area contributed by atoms with Crippen LogP contribution in [0.2, 0.25) is 0 Å². The summed E-state index contributed by atoms with van der Waals surface area (Å²) in [5, 5.41) is 18.6. The number of aromatic hydroxyl groups is 1. The lowest BCUT2D eigenvalue weighted by Gasteiger charge is -2.19. The SMILES string of the molecule is N[C@@H](C[C@H](O)c1cccc(O)c1)C(F)(F)F. The lowest BCUT2D eigenvalue weighted by Crippen LogP contribution is -2.38. The van der Waals surface area contributed by atoms with E-state index >= 15 is 0 Å². The van der Waals surface area contributed by atoms with Crippen molar-refractivity contribution in [2.24, 2.45) is 5.73 Å². The molecule has 0 spiro atoms. The molecule has 0 bridgehead atoms. The van der Waals surface area contributed by atoms with Crippen molar-refractivity contribution in [1.82, 2.24) is 0 Å². The lowest BCUT2D eigenvalue weighted by molar-refractivity contribution is -0.153. The molecule has 0 saturated carbocycles. The van der Waals surface area contributed by atoms with Crippen molar-refractivity contribution in [3.05, 3.63) is 29.8 Å². The fraction of sp³-hybridized carbons (Fsp3) is 0.400. The van der Waals surface area contributed by atoms with Gasteiger partial charge in [-0.3, -0.25) is 0 Å². The first-order valence-electron chi connectivity index (χ1n) is 4.60. The zero-order chi connectivity index (χ0) is 12.3. The van der Waals surface area contributed by atoms with Gasteiger partial charge in [0.2, 0.25) is 0 Å². The van der Waals surface area contributed by atoms with Crippen LogP contribution < -0.4 is 5.73 Å². The van der Waals surface area contributed by atoms with E-state index < -0.39 is 24.7 Å². The van der Waals surface area contributed by atoms with Gasteiger partial charge in [0, 0.05) is 6.42 Å². The number of benzene rings is 1. The number of alkyl halides is 3. The van der Waals surface area contributed by atoms with Crippen LogP contribution in [0, 0.1) is 0 Å². The Morgan fingerprint density at radius 2 is 1.94 bits per heavy atom. The van der Waals surface area contributed by atoms with Crippen molar-refractivity contribution in [2.45, 2.75) is 24.7 Å². The van der Waals surface area contributed by atoms with Gasteiger partial charge in [-0.05, 0) is 17.7 Å². The minimum Gasteiger partial charge on any atom is -0.508 e. The van der Waals surface area contributed by atoms with E-state index in [0.717, 1.165) is 0 Å². The molecule has 0 aliphatic rings. The number of nitrogens with two attached hydrogens (primary N) is 1. The zero-order valence-corrected chi connectivity index (χ0v) is 8.28. The summed E-state index contributed by atoms with van der Waals surface area (Å²) in [5.41, 5.74) is 5.09. The highest BCUT2D eigenvalue weighted by molar-refractivity contribution is 5.28. The van der Waals surface area contributed by atoms with Crippen LogP contribution in [0.15, 0.2) is 24.3 Å². The Morgan fingerprint density at radius 1 is 1.31 bits per heavy atom. The Labute approximate surface area is 90.3 Å². The van der Waals surface area contributed by atoms with Crippen LogP contribution in [0.25, 0.3) is 0 Å². The Bertz CT molecular complexity index is 354. The second-order valence-electron chi connectivity index (χ2n) is 3.49. The molecule has 0 aliphatic carbocycles. The third kappa shape index (κ3) is 3.39. The van der Waals surface area contributed by atoms with Crippen LogP contribution in [0.5, 0.6) is 5.75 Å². The van der Waals surface area contributed by atoms with Crippen molar-refractivity contribution in [3.63, 3.8) is 0 Å². The third-order valence-corrected chi connectivity index (χ3v) is 2.15. The molecule has 0 fully saturated rings. The van der Waals surface area contributed by atoms with Gasteiger partial charge in [-0.2, -0.15) is 13.2 Å². The Hall–Kier alpha value is -1.27. The number of aliphatic hydroxyl groups is 1. The predicted molar refractivity (Wildman–Crippen MR) is 51.7 cm³/mol. The second kappa shape index (κ2) is 4.71. The van der Waals surface area contributed by atoms with Gasteiger partial charge >= 0.3 is 6.18 Å². The minimum absolute atomic E-state index is 0.114. The summed E-state index contributed by atoms with van der Waals surface area (Å²) in [6, 6.07) is 3.35. The zero-order valence-electron chi connectivity index (χ0n) is 8.28. The molecule has 0 aromatic heterocycles. The molecule has 3 nitrogen and oxygen atoms in total. The van der Waals surface area contributed by atoms with Crippen LogP contribution in [-0.2, 0) is 0 Å². The largest absolute Gasteiger partial charge is 0.508 e. The van der Waals surface area contributed by atoms with Gasteiger partial charge in [0.05, 0.1) is 6.10 Å². The summed E-state index contributed by atoms with van der Waals surface area (Å²) < 4.78 is 36.4. The molecule has 4 N–H and O–H groups in total. The summed E-state index contributed by atoms with van der Waals surface area (Å²) in [7, 11) is 0. The molecule has 1 aromatic carbocycles. The molecule has 16 heavy (non-hydrogen) atoms. The van der Waals surface area contributed by atoms with Crippen LogP contribution in [0.4, 0.5) is 13.2 Å². The van der Waals surface area contributed by atoms with Crippen molar-refractivity contribution in [2.75, 3.05) is 0 Å². The monoisotopic (exact) mass is 235 g/mol. The van der Waals surface area contributed by atoms with E-state index in [1.54, 1.807) is 0 Å². The van der Waals surface area contributed by atoms with E-state index in [1.165, 1.54) is 24.3 Å². The van der Waals surface area contributed by atoms with E-state index in [0.29, 0.717) is 0 Å². The fourth-order valence-corrected chi connectivity index (χ4v) is 1.24. The highest BCUT2D eigenvalue weighted by Gasteiger charge is 2.37. The van der Waals surface area contributed by atoms with Gasteiger partial charge < -0.3 is 15.9 Å². The molecule has 0 aliphatic heterocycles. The predicted octanol–water partition coefficient (Wildman–Crippen LogP) is 1.71. The summed E-state index contributed by atoms with van der Waals surface area (Å²) >= 11 is 0. The highest BCUT2D eigenvalue weighted by Crippen LogP contribution is 2.27. The Morgan fingerprint density at radius 3 is 2.44 bits per heavy atom. The van der Waals surface area contributed by atoms with Crippen molar-refractivity contribution >= 4 is 0 Å².